The van der Waals surface area contributed by atoms with Crippen molar-refractivity contribution in [2.24, 2.45) is 0 Å². The minimum atomic E-state index is -0.0703. The van der Waals surface area contributed by atoms with E-state index in [4.69, 9.17) is 0 Å². The quantitative estimate of drug-likeness (QED) is 0.822. The van der Waals surface area contributed by atoms with Crippen LogP contribution in [-0.4, -0.2) is 71.7 Å². The van der Waals surface area contributed by atoms with E-state index in [-0.39, 0.29) is 17.7 Å². The molecule has 0 saturated carbocycles. The van der Waals surface area contributed by atoms with Gasteiger partial charge in [0.05, 0.1) is 0 Å². The molecule has 6 heteroatoms. The second-order valence-electron chi connectivity index (χ2n) is 7.80. The minimum Gasteiger partial charge on any atom is -0.339 e. The second kappa shape index (κ2) is 7.71. The van der Waals surface area contributed by atoms with Gasteiger partial charge in [-0.2, -0.15) is 0 Å². The van der Waals surface area contributed by atoms with E-state index >= 15 is 0 Å². The maximum atomic E-state index is 12.9. The third-order valence-electron chi connectivity index (χ3n) is 5.85. The lowest BCUT2D eigenvalue weighted by Crippen LogP contribution is -2.32. The molecular weight excluding hydrogens is 342 g/mol. The van der Waals surface area contributed by atoms with E-state index in [1.54, 1.807) is 18.2 Å². The molecule has 3 aliphatic rings. The van der Waals surface area contributed by atoms with Crippen LogP contribution >= 0.6 is 0 Å². The predicted octanol–water partition coefficient (Wildman–Crippen LogP) is 2.39. The average Bonchev–Trinajstić information content (AvgIpc) is 3.47. The number of nitrogens with zero attached hydrogens (tertiary/aromatic N) is 3. The number of hydrogen-bond donors (Lipinski definition) is 0. The number of benzene rings is 1. The Morgan fingerprint density at radius 1 is 0.481 bits per heavy atom. The Kier molecular flexibility index (Phi) is 5.14. The smallest absolute Gasteiger partial charge is 0.253 e. The molecule has 6 nitrogen and oxygen atoms in total. The highest BCUT2D eigenvalue weighted by Gasteiger charge is 2.27. The number of amides is 3. The van der Waals surface area contributed by atoms with Gasteiger partial charge in [0.25, 0.3) is 17.7 Å². The largest absolute Gasteiger partial charge is 0.339 e. The third kappa shape index (κ3) is 3.70. The van der Waals surface area contributed by atoms with Crippen molar-refractivity contribution in [1.82, 2.24) is 14.7 Å². The fraction of sp³-hybridized carbons (Fsp3) is 0.571. The fourth-order valence-electron chi connectivity index (χ4n) is 4.31. The predicted molar refractivity (Wildman–Crippen MR) is 102 cm³/mol. The van der Waals surface area contributed by atoms with Gasteiger partial charge in [0.1, 0.15) is 0 Å². The Bertz CT molecular complexity index is 631. The van der Waals surface area contributed by atoms with E-state index in [2.05, 4.69) is 0 Å². The van der Waals surface area contributed by atoms with Crippen LogP contribution in [0.5, 0.6) is 0 Å². The van der Waals surface area contributed by atoms with Crippen molar-refractivity contribution in [1.29, 1.82) is 0 Å². The molecule has 0 bridgehead atoms. The summed E-state index contributed by atoms with van der Waals surface area (Å²) in [6.45, 7) is 4.49. The summed E-state index contributed by atoms with van der Waals surface area (Å²) in [6, 6.07) is 5.05. The van der Waals surface area contributed by atoms with E-state index in [1.807, 2.05) is 14.7 Å². The molecule has 0 N–H and O–H groups in total. The Balaban J connectivity index is 1.67. The lowest BCUT2D eigenvalue weighted by Gasteiger charge is -2.20. The van der Waals surface area contributed by atoms with Gasteiger partial charge in [0, 0.05) is 56.0 Å². The molecule has 0 aromatic heterocycles. The van der Waals surface area contributed by atoms with Crippen LogP contribution in [0.1, 0.15) is 69.6 Å². The first-order chi connectivity index (χ1) is 13.1. The molecule has 0 spiro atoms. The highest BCUT2D eigenvalue weighted by atomic mass is 16.2. The Morgan fingerprint density at radius 2 is 0.704 bits per heavy atom. The fourth-order valence-corrected chi connectivity index (χ4v) is 4.31. The third-order valence-corrected chi connectivity index (χ3v) is 5.85. The topological polar surface area (TPSA) is 60.9 Å². The van der Waals surface area contributed by atoms with Crippen LogP contribution in [-0.2, 0) is 0 Å². The molecule has 0 aliphatic carbocycles. The molecule has 1 aromatic rings. The summed E-state index contributed by atoms with van der Waals surface area (Å²) >= 11 is 0. The number of likely N-dealkylation sites (tertiary alicyclic amines) is 3. The van der Waals surface area contributed by atoms with Crippen LogP contribution in [0.3, 0.4) is 0 Å². The van der Waals surface area contributed by atoms with Crippen LogP contribution in [0.4, 0.5) is 0 Å². The van der Waals surface area contributed by atoms with Gasteiger partial charge in [-0.05, 0) is 56.7 Å². The molecule has 27 heavy (non-hydrogen) atoms. The first kappa shape index (κ1) is 18.0. The second-order valence-corrected chi connectivity index (χ2v) is 7.80. The van der Waals surface area contributed by atoms with Crippen LogP contribution < -0.4 is 0 Å². The van der Waals surface area contributed by atoms with Crippen molar-refractivity contribution in [3.8, 4) is 0 Å². The summed E-state index contributed by atoms with van der Waals surface area (Å²) in [5.74, 6) is -0.211. The number of carbonyl (C=O) groups excluding carboxylic acids is 3. The van der Waals surface area contributed by atoms with Crippen LogP contribution in [0, 0.1) is 0 Å². The monoisotopic (exact) mass is 369 g/mol. The van der Waals surface area contributed by atoms with Crippen molar-refractivity contribution in [3.05, 3.63) is 34.9 Å². The standard InChI is InChI=1S/C21H27N3O3/c25-19(22-7-1-2-8-22)16-13-17(20(26)23-9-3-4-10-23)15-18(14-16)21(27)24-11-5-6-12-24/h13-15H,1-12H2. The Morgan fingerprint density at radius 3 is 0.926 bits per heavy atom. The summed E-state index contributed by atoms with van der Waals surface area (Å²) in [5, 5.41) is 0. The average molecular weight is 369 g/mol. The summed E-state index contributed by atoms with van der Waals surface area (Å²) in [4.78, 5) is 44.2. The maximum Gasteiger partial charge on any atom is 0.253 e. The van der Waals surface area contributed by atoms with Crippen LogP contribution in [0.25, 0.3) is 0 Å². The lowest BCUT2D eigenvalue weighted by atomic mass is 10.0. The SMILES string of the molecule is O=C(c1cc(C(=O)N2CCCC2)cc(C(=O)N2CCCC2)c1)N1CCCC1. The Hall–Kier alpha value is -2.37. The highest BCUT2D eigenvalue weighted by molar-refractivity contribution is 6.04. The van der Waals surface area contributed by atoms with Gasteiger partial charge >= 0.3 is 0 Å². The maximum absolute atomic E-state index is 12.9. The van der Waals surface area contributed by atoms with Gasteiger partial charge in [0.15, 0.2) is 0 Å². The molecule has 4 rings (SSSR count). The van der Waals surface area contributed by atoms with Gasteiger partial charge in [-0.25, -0.2) is 0 Å². The first-order valence-corrected chi connectivity index (χ1v) is 10.2. The molecular formula is C21H27N3O3. The molecule has 3 aliphatic heterocycles. The molecule has 0 unspecified atom stereocenters. The molecule has 3 fully saturated rings. The van der Waals surface area contributed by atoms with Crippen LogP contribution in [0.2, 0.25) is 0 Å². The van der Waals surface area contributed by atoms with Crippen molar-refractivity contribution in [3.63, 3.8) is 0 Å². The van der Waals surface area contributed by atoms with Gasteiger partial charge in [-0.1, -0.05) is 0 Å². The molecule has 3 saturated heterocycles. The van der Waals surface area contributed by atoms with Crippen LogP contribution in [0.15, 0.2) is 18.2 Å². The highest BCUT2D eigenvalue weighted by Crippen LogP contribution is 2.21. The summed E-state index contributed by atoms with van der Waals surface area (Å²) in [7, 11) is 0. The van der Waals surface area contributed by atoms with Gasteiger partial charge in [-0.3, -0.25) is 14.4 Å². The van der Waals surface area contributed by atoms with E-state index in [9.17, 15) is 14.4 Å². The van der Waals surface area contributed by atoms with E-state index in [0.717, 1.165) is 77.8 Å². The molecule has 0 radical (unpaired) electrons. The van der Waals surface area contributed by atoms with E-state index in [1.165, 1.54) is 0 Å². The molecule has 3 heterocycles. The molecule has 144 valence electrons. The zero-order valence-corrected chi connectivity index (χ0v) is 15.8. The normalized spacial score (nSPS) is 19.8. The van der Waals surface area contributed by atoms with Gasteiger partial charge in [0.2, 0.25) is 0 Å². The van der Waals surface area contributed by atoms with Crippen molar-refractivity contribution < 1.29 is 14.4 Å². The first-order valence-electron chi connectivity index (χ1n) is 10.2. The zero-order valence-electron chi connectivity index (χ0n) is 15.8. The van der Waals surface area contributed by atoms with Crippen molar-refractivity contribution in [2.75, 3.05) is 39.3 Å². The molecule has 3 amide bonds. The Labute approximate surface area is 160 Å². The number of carbonyl (C=O) groups is 3. The summed E-state index contributed by atoms with van der Waals surface area (Å²) in [6.07, 6.45) is 6.07. The van der Waals surface area contributed by atoms with Gasteiger partial charge < -0.3 is 14.7 Å². The molecule has 1 aromatic carbocycles. The number of rotatable bonds is 3. The van der Waals surface area contributed by atoms with Crippen molar-refractivity contribution in [2.45, 2.75) is 38.5 Å². The molecule has 0 atom stereocenters. The van der Waals surface area contributed by atoms with Crippen molar-refractivity contribution >= 4 is 17.7 Å². The van der Waals surface area contributed by atoms with E-state index in [0.29, 0.717) is 16.7 Å². The minimum absolute atomic E-state index is 0.0703. The zero-order chi connectivity index (χ0) is 18.8. The van der Waals surface area contributed by atoms with Gasteiger partial charge in [-0.15, -0.1) is 0 Å². The summed E-state index contributed by atoms with van der Waals surface area (Å²) < 4.78 is 0. The summed E-state index contributed by atoms with van der Waals surface area (Å²) in [5.41, 5.74) is 1.39. The van der Waals surface area contributed by atoms with E-state index < -0.39 is 0 Å². The lowest BCUT2D eigenvalue weighted by molar-refractivity contribution is 0.0790. The number of hydrogen-bond acceptors (Lipinski definition) is 3.